The molecule has 1 heterocycles. The van der Waals surface area contributed by atoms with Crippen LogP contribution in [0.1, 0.15) is 13.8 Å². The molecule has 0 aromatic rings. The molecule has 10 heteroatoms. The van der Waals surface area contributed by atoms with Crippen molar-refractivity contribution in [2.24, 2.45) is 0 Å². The van der Waals surface area contributed by atoms with Gasteiger partial charge in [-0.3, -0.25) is 9.69 Å². The Morgan fingerprint density at radius 3 is 2.29 bits per heavy atom. The van der Waals surface area contributed by atoms with Gasteiger partial charge in [0.2, 0.25) is 15.9 Å². The van der Waals surface area contributed by atoms with Crippen molar-refractivity contribution >= 4 is 15.9 Å². The molecule has 0 unspecified atom stereocenters. The SMILES string of the molecule is CNS(=O)(=O)CC(=O)N1CCN(CC(F)(F)F)CC1(C)C. The Labute approximate surface area is 122 Å². The van der Waals surface area contributed by atoms with Crippen LogP contribution >= 0.6 is 0 Å². The van der Waals surface area contributed by atoms with Crippen molar-refractivity contribution in [3.8, 4) is 0 Å². The van der Waals surface area contributed by atoms with E-state index in [1.54, 1.807) is 13.8 Å². The van der Waals surface area contributed by atoms with Crippen molar-refractivity contribution in [2.75, 3.05) is 39.0 Å². The molecule has 1 rings (SSSR count). The first-order chi connectivity index (χ1) is 9.36. The third-order valence-electron chi connectivity index (χ3n) is 3.31. The summed E-state index contributed by atoms with van der Waals surface area (Å²) in [6.45, 7) is 2.39. The van der Waals surface area contributed by atoms with E-state index in [0.29, 0.717) is 0 Å². The minimum absolute atomic E-state index is 0.0395. The predicted octanol–water partition coefficient (Wildman–Crippen LogP) is 0.0207. The van der Waals surface area contributed by atoms with Crippen molar-refractivity contribution < 1.29 is 26.4 Å². The van der Waals surface area contributed by atoms with Crippen LogP contribution in [0.15, 0.2) is 0 Å². The fourth-order valence-electron chi connectivity index (χ4n) is 2.42. The average molecular weight is 331 g/mol. The van der Waals surface area contributed by atoms with Gasteiger partial charge in [-0.2, -0.15) is 13.2 Å². The van der Waals surface area contributed by atoms with E-state index in [9.17, 15) is 26.4 Å². The Kier molecular flexibility index (Phi) is 5.27. The number of hydrogen-bond donors (Lipinski definition) is 1. The summed E-state index contributed by atoms with van der Waals surface area (Å²) in [5.74, 6) is -1.31. The van der Waals surface area contributed by atoms with Gasteiger partial charge >= 0.3 is 6.18 Å². The normalized spacial score (nSPS) is 20.6. The molecule has 0 aromatic carbocycles. The van der Waals surface area contributed by atoms with E-state index >= 15 is 0 Å². The second-order valence-electron chi connectivity index (χ2n) is 5.65. The van der Waals surface area contributed by atoms with Crippen LogP contribution in [0.25, 0.3) is 0 Å². The largest absolute Gasteiger partial charge is 0.401 e. The molecule has 0 saturated carbocycles. The van der Waals surface area contributed by atoms with Gasteiger partial charge in [0.15, 0.2) is 0 Å². The van der Waals surface area contributed by atoms with Gasteiger partial charge in [0.1, 0.15) is 5.75 Å². The van der Waals surface area contributed by atoms with Gasteiger partial charge in [0.05, 0.1) is 12.1 Å². The Morgan fingerprint density at radius 1 is 1.29 bits per heavy atom. The van der Waals surface area contributed by atoms with Crippen LogP contribution in [0.2, 0.25) is 0 Å². The Balaban J connectivity index is 2.74. The number of nitrogens with zero attached hydrogens (tertiary/aromatic N) is 2. The number of halogens is 3. The summed E-state index contributed by atoms with van der Waals surface area (Å²) in [7, 11) is -2.49. The van der Waals surface area contributed by atoms with E-state index in [1.165, 1.54) is 16.8 Å². The quantitative estimate of drug-likeness (QED) is 0.789. The molecule has 0 aromatic heterocycles. The van der Waals surface area contributed by atoms with Crippen molar-refractivity contribution in [3.63, 3.8) is 0 Å². The molecule has 0 radical (unpaired) electrons. The first kappa shape index (κ1) is 18.2. The van der Waals surface area contributed by atoms with Crippen molar-refractivity contribution in [2.45, 2.75) is 25.6 Å². The lowest BCUT2D eigenvalue weighted by Crippen LogP contribution is -2.63. The molecule has 1 aliphatic heterocycles. The Hall–Kier alpha value is -0.870. The maximum Gasteiger partial charge on any atom is 0.401 e. The number of piperazine rings is 1. The summed E-state index contributed by atoms with van der Waals surface area (Å²) in [5, 5.41) is 0. The van der Waals surface area contributed by atoms with Crippen LogP contribution in [0, 0.1) is 0 Å². The predicted molar refractivity (Wildman–Crippen MR) is 71.1 cm³/mol. The van der Waals surface area contributed by atoms with Gasteiger partial charge in [-0.15, -0.1) is 0 Å². The van der Waals surface area contributed by atoms with Crippen LogP contribution in [0.3, 0.4) is 0 Å². The highest BCUT2D eigenvalue weighted by molar-refractivity contribution is 7.90. The van der Waals surface area contributed by atoms with E-state index in [0.717, 1.165) is 0 Å². The molecule has 1 N–H and O–H groups in total. The minimum atomic E-state index is -4.29. The van der Waals surface area contributed by atoms with Crippen LogP contribution in [0.5, 0.6) is 0 Å². The van der Waals surface area contributed by atoms with Crippen molar-refractivity contribution in [1.82, 2.24) is 14.5 Å². The number of sulfonamides is 1. The van der Waals surface area contributed by atoms with Gasteiger partial charge in [-0.1, -0.05) is 0 Å². The standard InChI is InChI=1S/C11H20F3N3O3S/c1-10(2)7-16(8-11(12,13)14)4-5-17(10)9(18)6-21(19,20)15-3/h15H,4-8H2,1-3H3. The van der Waals surface area contributed by atoms with Crippen LogP contribution in [-0.2, 0) is 14.8 Å². The van der Waals surface area contributed by atoms with E-state index in [-0.39, 0.29) is 19.6 Å². The zero-order chi connectivity index (χ0) is 16.5. The Morgan fingerprint density at radius 2 is 1.86 bits per heavy atom. The van der Waals surface area contributed by atoms with Gasteiger partial charge in [-0.25, -0.2) is 13.1 Å². The number of amides is 1. The molecule has 0 aliphatic carbocycles. The number of alkyl halides is 3. The number of rotatable bonds is 4. The second-order valence-corrected chi connectivity index (χ2v) is 7.57. The summed E-state index contributed by atoms with van der Waals surface area (Å²) >= 11 is 0. The van der Waals surface area contributed by atoms with Crippen LogP contribution in [0.4, 0.5) is 13.2 Å². The van der Waals surface area contributed by atoms with Gasteiger partial charge in [-0.05, 0) is 20.9 Å². The zero-order valence-corrected chi connectivity index (χ0v) is 13.0. The third-order valence-corrected chi connectivity index (χ3v) is 4.56. The van der Waals surface area contributed by atoms with E-state index in [2.05, 4.69) is 0 Å². The van der Waals surface area contributed by atoms with Crippen molar-refractivity contribution in [3.05, 3.63) is 0 Å². The summed E-state index contributed by atoms with van der Waals surface area (Å²) < 4.78 is 62.1. The van der Waals surface area contributed by atoms with Crippen molar-refractivity contribution in [1.29, 1.82) is 0 Å². The average Bonchev–Trinajstić information content (AvgIpc) is 2.24. The molecule has 21 heavy (non-hydrogen) atoms. The van der Waals surface area contributed by atoms with Gasteiger partial charge in [0.25, 0.3) is 0 Å². The van der Waals surface area contributed by atoms with Crippen LogP contribution in [-0.4, -0.2) is 74.8 Å². The monoisotopic (exact) mass is 331 g/mol. The molecule has 6 nitrogen and oxygen atoms in total. The number of hydrogen-bond acceptors (Lipinski definition) is 4. The highest BCUT2D eigenvalue weighted by Crippen LogP contribution is 2.24. The lowest BCUT2D eigenvalue weighted by molar-refractivity contribution is -0.159. The smallest absolute Gasteiger partial charge is 0.334 e. The third kappa shape index (κ3) is 5.44. The van der Waals surface area contributed by atoms with Gasteiger partial charge in [0, 0.05) is 19.6 Å². The molecule has 0 spiro atoms. The molecule has 1 fully saturated rings. The molecule has 124 valence electrons. The van der Waals surface area contributed by atoms with Crippen LogP contribution < -0.4 is 4.72 Å². The highest BCUT2D eigenvalue weighted by Gasteiger charge is 2.41. The topological polar surface area (TPSA) is 69.7 Å². The molecule has 1 amide bonds. The summed E-state index contributed by atoms with van der Waals surface area (Å²) in [6, 6.07) is 0. The molecular formula is C11H20F3N3O3S. The number of carbonyl (C=O) groups excluding carboxylic acids is 1. The first-order valence-corrected chi connectivity index (χ1v) is 8.02. The van der Waals surface area contributed by atoms with E-state index < -0.39 is 39.9 Å². The first-order valence-electron chi connectivity index (χ1n) is 6.37. The summed E-state index contributed by atoms with van der Waals surface area (Å²) in [6.07, 6.45) is -4.29. The number of carbonyl (C=O) groups is 1. The second kappa shape index (κ2) is 6.09. The Bertz CT molecular complexity index is 491. The lowest BCUT2D eigenvalue weighted by Gasteiger charge is -2.47. The fourth-order valence-corrected chi connectivity index (χ4v) is 3.04. The zero-order valence-electron chi connectivity index (χ0n) is 12.2. The highest BCUT2D eigenvalue weighted by atomic mass is 32.2. The molecule has 1 saturated heterocycles. The lowest BCUT2D eigenvalue weighted by atomic mass is 9.98. The summed E-state index contributed by atoms with van der Waals surface area (Å²) in [4.78, 5) is 14.6. The van der Waals surface area contributed by atoms with E-state index in [4.69, 9.17) is 0 Å². The van der Waals surface area contributed by atoms with E-state index in [1.807, 2.05) is 4.72 Å². The molecule has 0 atom stereocenters. The molecular weight excluding hydrogens is 311 g/mol. The minimum Gasteiger partial charge on any atom is -0.334 e. The maximum absolute atomic E-state index is 12.4. The summed E-state index contributed by atoms with van der Waals surface area (Å²) in [5.41, 5.74) is -0.857. The maximum atomic E-state index is 12.4. The fraction of sp³-hybridized carbons (Fsp3) is 0.909. The molecule has 1 aliphatic rings. The molecule has 0 bridgehead atoms. The van der Waals surface area contributed by atoms with Gasteiger partial charge < -0.3 is 4.90 Å². The number of nitrogens with one attached hydrogen (secondary N) is 1.